The van der Waals surface area contributed by atoms with Gasteiger partial charge < -0.3 is 15.8 Å². The van der Waals surface area contributed by atoms with Gasteiger partial charge in [0.05, 0.1) is 0 Å². The highest BCUT2D eigenvalue weighted by molar-refractivity contribution is 6.07. The second-order valence-corrected chi connectivity index (χ2v) is 5.33. The molecule has 0 radical (unpaired) electrons. The lowest BCUT2D eigenvalue weighted by Crippen LogP contribution is -2.51. The fourth-order valence-corrected chi connectivity index (χ4v) is 2.80. The van der Waals surface area contributed by atoms with Crippen molar-refractivity contribution in [3.63, 3.8) is 0 Å². The zero-order chi connectivity index (χ0) is 13.8. The van der Waals surface area contributed by atoms with E-state index in [0.29, 0.717) is 12.8 Å². The van der Waals surface area contributed by atoms with Crippen LogP contribution < -0.4 is 5.73 Å². The highest BCUT2D eigenvalue weighted by atomic mass is 16.4. The van der Waals surface area contributed by atoms with Gasteiger partial charge in [-0.25, -0.2) is 0 Å². The van der Waals surface area contributed by atoms with E-state index < -0.39 is 5.41 Å². The number of hydrogen-bond acceptors (Lipinski definition) is 3. The fourth-order valence-electron chi connectivity index (χ4n) is 2.80. The van der Waals surface area contributed by atoms with Crippen molar-refractivity contribution in [3.8, 4) is 0 Å². The third-order valence-corrected chi connectivity index (χ3v) is 4.15. The highest BCUT2D eigenvalue weighted by Gasteiger charge is 2.47. The first-order valence-electron chi connectivity index (χ1n) is 6.75. The number of carbonyl (C=O) groups is 1. The van der Waals surface area contributed by atoms with Crippen LogP contribution in [0.2, 0.25) is 0 Å². The van der Waals surface area contributed by atoms with E-state index in [4.69, 9.17) is 10.9 Å². The second-order valence-electron chi connectivity index (χ2n) is 5.33. The first-order valence-corrected chi connectivity index (χ1v) is 6.75. The Kier molecular flexibility index (Phi) is 4.99. The molecule has 1 fully saturated rings. The molecule has 0 aromatic carbocycles. The Bertz CT molecular complexity index is 322. The first kappa shape index (κ1) is 14.8. The van der Waals surface area contributed by atoms with E-state index in [-0.39, 0.29) is 17.8 Å². The third kappa shape index (κ3) is 2.60. The van der Waals surface area contributed by atoms with Crippen LogP contribution in [0.5, 0.6) is 0 Å². The summed E-state index contributed by atoms with van der Waals surface area (Å²) in [7, 11) is 1.81. The molecular weight excluding hydrogens is 230 g/mol. The van der Waals surface area contributed by atoms with Crippen molar-refractivity contribution in [1.29, 1.82) is 0 Å². The van der Waals surface area contributed by atoms with Crippen molar-refractivity contribution in [2.45, 2.75) is 58.4 Å². The molecule has 0 bridgehead atoms. The fraction of sp³-hybridized carbons (Fsp3) is 0.846. The Morgan fingerprint density at radius 2 is 2.06 bits per heavy atom. The van der Waals surface area contributed by atoms with Crippen molar-refractivity contribution in [2.75, 3.05) is 7.05 Å². The van der Waals surface area contributed by atoms with Crippen LogP contribution in [0, 0.1) is 5.41 Å². The lowest BCUT2D eigenvalue weighted by atomic mass is 9.83. The number of nitrogens with zero attached hydrogens (tertiary/aromatic N) is 2. The Morgan fingerprint density at radius 1 is 1.50 bits per heavy atom. The summed E-state index contributed by atoms with van der Waals surface area (Å²) in [4.78, 5) is 14.4. The van der Waals surface area contributed by atoms with Gasteiger partial charge in [-0.05, 0) is 26.2 Å². The largest absolute Gasteiger partial charge is 0.409 e. The minimum Gasteiger partial charge on any atom is -0.409 e. The molecule has 0 saturated heterocycles. The summed E-state index contributed by atoms with van der Waals surface area (Å²) in [5, 5.41) is 12.0. The molecule has 1 rings (SSSR count). The van der Waals surface area contributed by atoms with E-state index in [1.807, 2.05) is 14.0 Å². The number of oxime groups is 1. The lowest BCUT2D eigenvalue weighted by molar-refractivity contribution is -0.138. The van der Waals surface area contributed by atoms with Crippen LogP contribution in [0.25, 0.3) is 0 Å². The van der Waals surface area contributed by atoms with Crippen LogP contribution in [-0.2, 0) is 4.79 Å². The molecule has 5 nitrogen and oxygen atoms in total. The molecule has 18 heavy (non-hydrogen) atoms. The van der Waals surface area contributed by atoms with Gasteiger partial charge in [0.25, 0.3) is 0 Å². The predicted molar refractivity (Wildman–Crippen MR) is 71.4 cm³/mol. The van der Waals surface area contributed by atoms with Gasteiger partial charge in [-0.3, -0.25) is 4.79 Å². The summed E-state index contributed by atoms with van der Waals surface area (Å²) in [6, 6.07) is 0.187. The van der Waals surface area contributed by atoms with Gasteiger partial charge >= 0.3 is 0 Å². The van der Waals surface area contributed by atoms with E-state index >= 15 is 0 Å². The molecule has 0 aliphatic heterocycles. The minimum atomic E-state index is -0.772. The first-order chi connectivity index (χ1) is 8.49. The van der Waals surface area contributed by atoms with Gasteiger partial charge in [-0.2, -0.15) is 0 Å². The molecule has 104 valence electrons. The van der Waals surface area contributed by atoms with Gasteiger partial charge in [0.1, 0.15) is 5.41 Å². The molecule has 1 aliphatic carbocycles. The minimum absolute atomic E-state index is 0.00347. The average Bonchev–Trinajstić information content (AvgIpc) is 2.86. The zero-order valence-electron chi connectivity index (χ0n) is 11.6. The predicted octanol–water partition coefficient (Wildman–Crippen LogP) is 1.94. The molecule has 0 heterocycles. The van der Waals surface area contributed by atoms with E-state index in [0.717, 1.165) is 25.7 Å². The maximum absolute atomic E-state index is 12.6. The van der Waals surface area contributed by atoms with Crippen LogP contribution in [0.1, 0.15) is 52.4 Å². The monoisotopic (exact) mass is 255 g/mol. The molecule has 3 N–H and O–H groups in total. The SMILES string of the molecule is CCCC(C)N(C)C(=O)C1(C(N)=NO)CCCC1. The molecule has 1 atom stereocenters. The maximum atomic E-state index is 12.6. The number of nitrogens with two attached hydrogens (primary N) is 1. The molecule has 1 unspecified atom stereocenters. The van der Waals surface area contributed by atoms with E-state index in [1.54, 1.807) is 4.90 Å². The lowest BCUT2D eigenvalue weighted by Gasteiger charge is -2.34. The topological polar surface area (TPSA) is 78.9 Å². The Balaban J connectivity index is 2.90. The van der Waals surface area contributed by atoms with Gasteiger partial charge in [-0.1, -0.05) is 31.3 Å². The van der Waals surface area contributed by atoms with Gasteiger partial charge in [0, 0.05) is 13.1 Å². The number of carbonyl (C=O) groups excluding carboxylic acids is 1. The van der Waals surface area contributed by atoms with E-state index in [9.17, 15) is 4.79 Å². The number of rotatable bonds is 5. The van der Waals surface area contributed by atoms with Gasteiger partial charge in [0.2, 0.25) is 5.91 Å². The summed E-state index contributed by atoms with van der Waals surface area (Å²) in [6.07, 6.45) is 5.29. The molecule has 0 aromatic rings. The molecule has 0 spiro atoms. The summed E-state index contributed by atoms with van der Waals surface area (Å²) >= 11 is 0. The van der Waals surface area contributed by atoms with Crippen LogP contribution in [-0.4, -0.2) is 34.9 Å². The molecule has 5 heteroatoms. The molecular formula is C13H25N3O2. The summed E-state index contributed by atoms with van der Waals surface area (Å²) < 4.78 is 0. The summed E-state index contributed by atoms with van der Waals surface area (Å²) in [5.74, 6) is 0.0665. The molecule has 1 amide bonds. The Morgan fingerprint density at radius 3 is 2.50 bits per heavy atom. The van der Waals surface area contributed by atoms with Crippen LogP contribution >= 0.6 is 0 Å². The summed E-state index contributed by atoms with van der Waals surface area (Å²) in [5.41, 5.74) is 5.01. The van der Waals surface area contributed by atoms with Crippen molar-refractivity contribution in [3.05, 3.63) is 0 Å². The molecule has 0 aromatic heterocycles. The summed E-state index contributed by atoms with van der Waals surface area (Å²) in [6.45, 7) is 4.14. The highest BCUT2D eigenvalue weighted by Crippen LogP contribution is 2.40. The smallest absolute Gasteiger partial charge is 0.236 e. The molecule has 1 aliphatic rings. The quantitative estimate of drug-likeness (QED) is 0.341. The van der Waals surface area contributed by atoms with Gasteiger partial charge in [-0.15, -0.1) is 0 Å². The normalized spacial score (nSPS) is 20.7. The average molecular weight is 255 g/mol. The third-order valence-electron chi connectivity index (χ3n) is 4.15. The van der Waals surface area contributed by atoms with Crippen molar-refractivity contribution >= 4 is 11.7 Å². The maximum Gasteiger partial charge on any atom is 0.236 e. The van der Waals surface area contributed by atoms with Gasteiger partial charge in [0.15, 0.2) is 5.84 Å². The van der Waals surface area contributed by atoms with Crippen molar-refractivity contribution in [2.24, 2.45) is 16.3 Å². The molecule has 1 saturated carbocycles. The number of amides is 1. The van der Waals surface area contributed by atoms with E-state index in [2.05, 4.69) is 12.1 Å². The zero-order valence-corrected chi connectivity index (χ0v) is 11.6. The second kappa shape index (κ2) is 6.07. The number of hydrogen-bond donors (Lipinski definition) is 2. The number of amidine groups is 1. The van der Waals surface area contributed by atoms with Crippen LogP contribution in [0.3, 0.4) is 0 Å². The van der Waals surface area contributed by atoms with Crippen molar-refractivity contribution in [1.82, 2.24) is 4.90 Å². The van der Waals surface area contributed by atoms with Crippen LogP contribution in [0.4, 0.5) is 0 Å². The van der Waals surface area contributed by atoms with Crippen LogP contribution in [0.15, 0.2) is 5.16 Å². The van der Waals surface area contributed by atoms with Crippen molar-refractivity contribution < 1.29 is 10.0 Å². The standard InChI is InChI=1S/C13H25N3O2/c1-4-7-10(2)16(3)12(17)13(11(14)15-18)8-5-6-9-13/h10,18H,4-9H2,1-3H3,(H2,14,15). The Labute approximate surface area is 109 Å². The Hall–Kier alpha value is -1.26. The van der Waals surface area contributed by atoms with E-state index in [1.165, 1.54) is 0 Å².